The summed E-state index contributed by atoms with van der Waals surface area (Å²) in [5.74, 6) is 1.18. The number of aromatic nitrogens is 2. The van der Waals surface area contributed by atoms with Crippen LogP contribution in [0.1, 0.15) is 51.1 Å². The van der Waals surface area contributed by atoms with Crippen molar-refractivity contribution < 1.29 is 5.11 Å². The maximum atomic E-state index is 10.6. The van der Waals surface area contributed by atoms with Gasteiger partial charge >= 0.3 is 0 Å². The molecular formula is C18H24ClN3OS. The summed E-state index contributed by atoms with van der Waals surface area (Å²) in [4.78, 5) is 6.99. The van der Waals surface area contributed by atoms with Crippen LogP contribution in [0.4, 0.5) is 5.13 Å². The Morgan fingerprint density at radius 2 is 1.83 bits per heavy atom. The molecule has 1 fully saturated rings. The zero-order chi connectivity index (χ0) is 17.3. The average molecular weight is 366 g/mol. The highest BCUT2D eigenvalue weighted by atomic mass is 35.5. The van der Waals surface area contributed by atoms with Gasteiger partial charge in [0.2, 0.25) is 5.13 Å². The Kier molecular flexibility index (Phi) is 5.13. The fraction of sp³-hybridized carbons (Fsp3) is 0.556. The lowest BCUT2D eigenvalue weighted by Crippen LogP contribution is -2.35. The Morgan fingerprint density at radius 3 is 2.38 bits per heavy atom. The molecule has 1 aromatic heterocycles. The zero-order valence-electron chi connectivity index (χ0n) is 14.4. The number of hydrogen-bond acceptors (Lipinski definition) is 5. The highest BCUT2D eigenvalue weighted by Crippen LogP contribution is 2.34. The van der Waals surface area contributed by atoms with Crippen molar-refractivity contribution in [1.82, 2.24) is 9.36 Å². The number of hydrogen-bond donors (Lipinski definition) is 1. The number of rotatable bonds is 3. The maximum Gasteiger partial charge on any atom is 0.205 e. The number of piperidine rings is 1. The highest BCUT2D eigenvalue weighted by Gasteiger charge is 2.28. The van der Waals surface area contributed by atoms with Crippen LogP contribution < -0.4 is 4.90 Å². The summed E-state index contributed by atoms with van der Waals surface area (Å²) in [7, 11) is 0. The van der Waals surface area contributed by atoms with Crippen LogP contribution in [0, 0.1) is 5.92 Å². The molecule has 1 saturated heterocycles. The van der Waals surface area contributed by atoms with Crippen LogP contribution in [0.25, 0.3) is 0 Å². The van der Waals surface area contributed by atoms with Crippen LogP contribution in [-0.4, -0.2) is 27.6 Å². The summed E-state index contributed by atoms with van der Waals surface area (Å²) in [6, 6.07) is 7.51. The molecule has 1 N–H and O–H groups in total. The first kappa shape index (κ1) is 17.6. The van der Waals surface area contributed by atoms with Gasteiger partial charge in [-0.15, -0.1) is 0 Å². The third kappa shape index (κ3) is 3.90. The zero-order valence-corrected chi connectivity index (χ0v) is 15.9. The number of aliphatic hydroxyl groups excluding tert-OH is 1. The van der Waals surface area contributed by atoms with Gasteiger partial charge in [0.1, 0.15) is 5.82 Å². The molecule has 0 aliphatic carbocycles. The molecule has 1 unspecified atom stereocenters. The standard InChI is InChI=1S/C18H24ClN3OS/c1-18(2,3)16-20-17(24-21-16)22-10-8-13(9-11-22)15(23)12-4-6-14(19)7-5-12/h4-7,13,15,23H,8-11H2,1-3H3. The molecule has 3 rings (SSSR count). The van der Waals surface area contributed by atoms with E-state index in [0.29, 0.717) is 5.02 Å². The van der Waals surface area contributed by atoms with Gasteiger partial charge < -0.3 is 10.0 Å². The Balaban J connectivity index is 1.61. The third-order valence-corrected chi connectivity index (χ3v) is 5.58. The third-order valence-electron chi connectivity index (χ3n) is 4.55. The summed E-state index contributed by atoms with van der Waals surface area (Å²) in [5, 5.41) is 12.3. The van der Waals surface area contributed by atoms with Gasteiger partial charge in [-0.25, -0.2) is 4.98 Å². The van der Waals surface area contributed by atoms with Gasteiger partial charge in [0, 0.05) is 35.1 Å². The van der Waals surface area contributed by atoms with Gasteiger partial charge in [0.15, 0.2) is 0 Å². The Morgan fingerprint density at radius 1 is 1.21 bits per heavy atom. The Labute approximate surface area is 152 Å². The van der Waals surface area contributed by atoms with Crippen LogP contribution in [0.5, 0.6) is 0 Å². The highest BCUT2D eigenvalue weighted by molar-refractivity contribution is 7.09. The maximum absolute atomic E-state index is 10.6. The number of aliphatic hydroxyl groups is 1. The molecule has 1 atom stereocenters. The van der Waals surface area contributed by atoms with Crippen molar-refractivity contribution in [3.63, 3.8) is 0 Å². The minimum absolute atomic E-state index is 0.0160. The van der Waals surface area contributed by atoms with Crippen molar-refractivity contribution >= 4 is 28.3 Å². The van der Waals surface area contributed by atoms with Gasteiger partial charge in [-0.3, -0.25) is 0 Å². The predicted molar refractivity (Wildman–Crippen MR) is 100.0 cm³/mol. The van der Waals surface area contributed by atoms with E-state index < -0.39 is 6.10 Å². The first-order chi connectivity index (χ1) is 11.3. The smallest absolute Gasteiger partial charge is 0.205 e. The predicted octanol–water partition coefficient (Wildman–Crippen LogP) is 4.44. The monoisotopic (exact) mass is 365 g/mol. The molecule has 0 spiro atoms. The van der Waals surface area contributed by atoms with E-state index in [1.807, 2.05) is 24.3 Å². The Hall–Kier alpha value is -1.17. The molecule has 1 aromatic carbocycles. The van der Waals surface area contributed by atoms with E-state index in [4.69, 9.17) is 16.6 Å². The second-order valence-corrected chi connectivity index (χ2v) is 8.64. The minimum Gasteiger partial charge on any atom is -0.388 e. The summed E-state index contributed by atoms with van der Waals surface area (Å²) in [6.07, 6.45) is 1.48. The second kappa shape index (κ2) is 6.98. The van der Waals surface area contributed by atoms with Gasteiger partial charge in [0.25, 0.3) is 0 Å². The van der Waals surface area contributed by atoms with Crippen molar-refractivity contribution in [3.05, 3.63) is 40.7 Å². The molecule has 2 heterocycles. The van der Waals surface area contributed by atoms with E-state index in [9.17, 15) is 5.11 Å². The fourth-order valence-electron chi connectivity index (χ4n) is 2.99. The van der Waals surface area contributed by atoms with E-state index in [0.717, 1.165) is 42.5 Å². The second-order valence-electron chi connectivity index (χ2n) is 7.47. The molecular weight excluding hydrogens is 342 g/mol. The van der Waals surface area contributed by atoms with E-state index >= 15 is 0 Å². The van der Waals surface area contributed by atoms with E-state index in [2.05, 4.69) is 30.0 Å². The normalized spacial score (nSPS) is 18.0. The Bertz CT molecular complexity index is 672. The molecule has 1 aliphatic rings. The quantitative estimate of drug-likeness (QED) is 0.873. The fourth-order valence-corrected chi connectivity index (χ4v) is 4.02. The van der Waals surface area contributed by atoms with Crippen molar-refractivity contribution in [2.45, 2.75) is 45.1 Å². The van der Waals surface area contributed by atoms with Crippen LogP contribution in [0.2, 0.25) is 5.02 Å². The molecule has 4 nitrogen and oxygen atoms in total. The lowest BCUT2D eigenvalue weighted by atomic mass is 9.87. The van der Waals surface area contributed by atoms with Crippen LogP contribution >= 0.6 is 23.1 Å². The summed E-state index contributed by atoms with van der Waals surface area (Å²) in [5.41, 5.74) is 0.932. The molecule has 1 aliphatic heterocycles. The molecule has 0 radical (unpaired) electrons. The first-order valence-electron chi connectivity index (χ1n) is 8.37. The van der Waals surface area contributed by atoms with Crippen molar-refractivity contribution in [2.24, 2.45) is 5.92 Å². The lowest BCUT2D eigenvalue weighted by Gasteiger charge is -2.34. The van der Waals surface area contributed by atoms with Gasteiger partial charge in [-0.1, -0.05) is 44.5 Å². The van der Waals surface area contributed by atoms with Gasteiger partial charge in [0.05, 0.1) is 6.10 Å². The topological polar surface area (TPSA) is 49.2 Å². The molecule has 0 bridgehead atoms. The van der Waals surface area contributed by atoms with Gasteiger partial charge in [-0.05, 0) is 36.5 Å². The van der Waals surface area contributed by atoms with Crippen LogP contribution in [0.3, 0.4) is 0 Å². The number of halogens is 1. The van der Waals surface area contributed by atoms with E-state index in [-0.39, 0.29) is 11.3 Å². The lowest BCUT2D eigenvalue weighted by molar-refractivity contribution is 0.0930. The van der Waals surface area contributed by atoms with Crippen LogP contribution in [-0.2, 0) is 5.41 Å². The molecule has 24 heavy (non-hydrogen) atoms. The van der Waals surface area contributed by atoms with E-state index in [1.165, 1.54) is 11.5 Å². The van der Waals surface area contributed by atoms with Crippen molar-refractivity contribution in [2.75, 3.05) is 18.0 Å². The summed E-state index contributed by atoms with van der Waals surface area (Å²) < 4.78 is 4.50. The summed E-state index contributed by atoms with van der Waals surface area (Å²) in [6.45, 7) is 8.22. The van der Waals surface area contributed by atoms with Crippen molar-refractivity contribution in [3.8, 4) is 0 Å². The summed E-state index contributed by atoms with van der Waals surface area (Å²) >= 11 is 7.40. The molecule has 0 saturated carbocycles. The number of nitrogens with zero attached hydrogens (tertiary/aromatic N) is 3. The molecule has 130 valence electrons. The number of benzene rings is 1. The average Bonchev–Trinajstić information content (AvgIpc) is 3.05. The molecule has 0 amide bonds. The number of anilines is 1. The van der Waals surface area contributed by atoms with Crippen LogP contribution in [0.15, 0.2) is 24.3 Å². The first-order valence-corrected chi connectivity index (χ1v) is 9.52. The van der Waals surface area contributed by atoms with E-state index in [1.54, 1.807) is 0 Å². The minimum atomic E-state index is -0.427. The largest absolute Gasteiger partial charge is 0.388 e. The molecule has 6 heteroatoms. The SMILES string of the molecule is CC(C)(C)c1nsc(N2CCC(C(O)c3ccc(Cl)cc3)CC2)n1. The van der Waals surface area contributed by atoms with Crippen molar-refractivity contribution in [1.29, 1.82) is 0 Å². The van der Waals surface area contributed by atoms with Gasteiger partial charge in [-0.2, -0.15) is 4.37 Å². The molecule has 2 aromatic rings.